The van der Waals surface area contributed by atoms with Crippen molar-refractivity contribution in [2.24, 2.45) is 0 Å². The van der Waals surface area contributed by atoms with Gasteiger partial charge in [0.25, 0.3) is 5.91 Å². The molecule has 1 amide bonds. The number of hydrogen-bond acceptors (Lipinski definition) is 1. The molecular weight excluding hydrogens is 285 g/mol. The van der Waals surface area contributed by atoms with Crippen molar-refractivity contribution in [2.45, 2.75) is 20.3 Å². The Morgan fingerprint density at radius 1 is 1.41 bits per heavy atom. The molecule has 17 heavy (non-hydrogen) atoms. The number of alkyl halides is 1. The highest BCUT2D eigenvalue weighted by atomic mass is 79.9. The summed E-state index contributed by atoms with van der Waals surface area (Å²) in [5.74, 6) is -0.328. The van der Waals surface area contributed by atoms with Gasteiger partial charge in [-0.2, -0.15) is 0 Å². The Bertz CT molecular complexity index is 389. The first kappa shape index (κ1) is 14.2. The quantitative estimate of drug-likeness (QED) is 0.764. The van der Waals surface area contributed by atoms with Crippen LogP contribution in [0.3, 0.4) is 0 Å². The van der Waals surface area contributed by atoms with Gasteiger partial charge in [-0.15, -0.1) is 0 Å². The fraction of sp³-hybridized carbons (Fsp3) is 0.462. The first-order chi connectivity index (χ1) is 8.10. The molecule has 94 valence electrons. The van der Waals surface area contributed by atoms with E-state index in [1.165, 1.54) is 12.1 Å². The second-order valence-electron chi connectivity index (χ2n) is 3.94. The standard InChI is InChI=1S/C13H17BrFNO/c1-3-7-16(8-6-14)13(17)12-5-4-11(15)9-10(12)2/h4-5,9H,3,6-8H2,1-2H3. The zero-order chi connectivity index (χ0) is 12.8. The molecule has 4 heteroatoms. The molecule has 2 nitrogen and oxygen atoms in total. The van der Waals surface area contributed by atoms with Gasteiger partial charge in [-0.25, -0.2) is 4.39 Å². The van der Waals surface area contributed by atoms with Gasteiger partial charge in [0.2, 0.25) is 0 Å². The molecule has 0 atom stereocenters. The largest absolute Gasteiger partial charge is 0.338 e. The van der Waals surface area contributed by atoms with E-state index in [0.29, 0.717) is 17.7 Å². The van der Waals surface area contributed by atoms with E-state index >= 15 is 0 Å². The number of carbonyl (C=O) groups is 1. The van der Waals surface area contributed by atoms with Gasteiger partial charge in [-0.1, -0.05) is 22.9 Å². The van der Waals surface area contributed by atoms with E-state index in [0.717, 1.165) is 18.3 Å². The molecule has 0 spiro atoms. The topological polar surface area (TPSA) is 20.3 Å². The second kappa shape index (κ2) is 6.74. The molecule has 0 unspecified atom stereocenters. The third kappa shape index (κ3) is 3.80. The van der Waals surface area contributed by atoms with Crippen LogP contribution in [0.2, 0.25) is 0 Å². The Kier molecular flexibility index (Phi) is 5.62. The van der Waals surface area contributed by atoms with Crippen molar-refractivity contribution in [2.75, 3.05) is 18.4 Å². The number of benzene rings is 1. The van der Waals surface area contributed by atoms with Crippen LogP contribution in [0.1, 0.15) is 29.3 Å². The highest BCUT2D eigenvalue weighted by molar-refractivity contribution is 9.09. The van der Waals surface area contributed by atoms with Crippen molar-refractivity contribution < 1.29 is 9.18 Å². The van der Waals surface area contributed by atoms with Crippen LogP contribution in [0.25, 0.3) is 0 Å². The number of rotatable bonds is 5. The second-order valence-corrected chi connectivity index (χ2v) is 4.73. The maximum absolute atomic E-state index is 13.0. The lowest BCUT2D eigenvalue weighted by atomic mass is 10.1. The number of nitrogens with zero attached hydrogens (tertiary/aromatic N) is 1. The zero-order valence-corrected chi connectivity index (χ0v) is 11.8. The molecule has 0 heterocycles. The third-order valence-electron chi connectivity index (χ3n) is 2.55. The van der Waals surface area contributed by atoms with Crippen LogP contribution < -0.4 is 0 Å². The Balaban J connectivity index is 2.92. The molecule has 0 N–H and O–H groups in total. The van der Waals surface area contributed by atoms with Gasteiger partial charge >= 0.3 is 0 Å². The van der Waals surface area contributed by atoms with Crippen molar-refractivity contribution in [1.82, 2.24) is 4.90 Å². The minimum atomic E-state index is -0.304. The number of carbonyl (C=O) groups excluding carboxylic acids is 1. The van der Waals surface area contributed by atoms with Crippen LogP contribution in [-0.4, -0.2) is 29.2 Å². The molecule has 1 rings (SSSR count). The van der Waals surface area contributed by atoms with Gasteiger partial charge in [0.15, 0.2) is 0 Å². The summed E-state index contributed by atoms with van der Waals surface area (Å²) in [6.45, 7) is 5.19. The first-order valence-corrected chi connectivity index (χ1v) is 6.83. The molecule has 0 fully saturated rings. The van der Waals surface area contributed by atoms with Gasteiger partial charge in [0.1, 0.15) is 5.82 Å². The predicted molar refractivity (Wildman–Crippen MR) is 71.1 cm³/mol. The molecule has 0 aliphatic rings. The molecule has 1 aromatic rings. The van der Waals surface area contributed by atoms with Crippen LogP contribution in [0.5, 0.6) is 0 Å². The van der Waals surface area contributed by atoms with Crippen molar-refractivity contribution in [1.29, 1.82) is 0 Å². The lowest BCUT2D eigenvalue weighted by molar-refractivity contribution is 0.0765. The molecule has 1 aromatic carbocycles. The average Bonchev–Trinajstić information content (AvgIpc) is 2.28. The van der Waals surface area contributed by atoms with Gasteiger partial charge in [0, 0.05) is 24.0 Å². The number of amides is 1. The summed E-state index contributed by atoms with van der Waals surface area (Å²) in [4.78, 5) is 14.0. The van der Waals surface area contributed by atoms with Crippen LogP contribution in [-0.2, 0) is 0 Å². The first-order valence-electron chi connectivity index (χ1n) is 5.71. The maximum Gasteiger partial charge on any atom is 0.254 e. The normalized spacial score (nSPS) is 10.4. The van der Waals surface area contributed by atoms with E-state index in [1.54, 1.807) is 17.9 Å². The Hall–Kier alpha value is -0.900. The Morgan fingerprint density at radius 3 is 2.65 bits per heavy atom. The molecule has 0 saturated heterocycles. The summed E-state index contributed by atoms with van der Waals surface area (Å²) in [7, 11) is 0. The molecular formula is C13H17BrFNO. The van der Waals surface area contributed by atoms with E-state index in [2.05, 4.69) is 15.9 Å². The highest BCUT2D eigenvalue weighted by Gasteiger charge is 2.16. The Morgan fingerprint density at radius 2 is 2.12 bits per heavy atom. The Labute approximate surface area is 110 Å². The molecule has 0 radical (unpaired) electrons. The summed E-state index contributed by atoms with van der Waals surface area (Å²) in [6.07, 6.45) is 0.916. The minimum absolute atomic E-state index is 0.0243. The van der Waals surface area contributed by atoms with Crippen LogP contribution in [0.4, 0.5) is 4.39 Å². The van der Waals surface area contributed by atoms with Crippen molar-refractivity contribution >= 4 is 21.8 Å². The van der Waals surface area contributed by atoms with Crippen LogP contribution >= 0.6 is 15.9 Å². The average molecular weight is 302 g/mol. The monoisotopic (exact) mass is 301 g/mol. The highest BCUT2D eigenvalue weighted by Crippen LogP contribution is 2.13. The molecule has 0 aliphatic carbocycles. The number of hydrogen-bond donors (Lipinski definition) is 0. The van der Waals surface area contributed by atoms with E-state index in [9.17, 15) is 9.18 Å². The van der Waals surface area contributed by atoms with E-state index < -0.39 is 0 Å². The molecule has 0 aromatic heterocycles. The molecule has 0 aliphatic heterocycles. The summed E-state index contributed by atoms with van der Waals surface area (Å²) >= 11 is 3.34. The summed E-state index contributed by atoms with van der Waals surface area (Å²) < 4.78 is 13.0. The molecule has 0 saturated carbocycles. The van der Waals surface area contributed by atoms with E-state index in [-0.39, 0.29) is 11.7 Å². The third-order valence-corrected chi connectivity index (χ3v) is 2.91. The predicted octanol–water partition coefficient (Wildman–Crippen LogP) is 3.38. The number of aryl methyl sites for hydroxylation is 1. The fourth-order valence-corrected chi connectivity index (χ4v) is 2.15. The van der Waals surface area contributed by atoms with Gasteiger partial charge in [-0.05, 0) is 37.1 Å². The van der Waals surface area contributed by atoms with E-state index in [4.69, 9.17) is 0 Å². The van der Waals surface area contributed by atoms with Gasteiger partial charge in [0.05, 0.1) is 0 Å². The van der Waals surface area contributed by atoms with Gasteiger partial charge in [-0.3, -0.25) is 4.79 Å². The summed E-state index contributed by atoms with van der Waals surface area (Å²) in [5, 5.41) is 0.749. The SMILES string of the molecule is CCCN(CCBr)C(=O)c1ccc(F)cc1C. The minimum Gasteiger partial charge on any atom is -0.338 e. The van der Waals surface area contributed by atoms with Crippen molar-refractivity contribution in [3.8, 4) is 0 Å². The molecule has 0 bridgehead atoms. The van der Waals surface area contributed by atoms with Crippen molar-refractivity contribution in [3.63, 3.8) is 0 Å². The van der Waals surface area contributed by atoms with Crippen LogP contribution in [0, 0.1) is 12.7 Å². The lowest BCUT2D eigenvalue weighted by Crippen LogP contribution is -2.33. The van der Waals surface area contributed by atoms with Crippen molar-refractivity contribution in [3.05, 3.63) is 35.1 Å². The van der Waals surface area contributed by atoms with Crippen LogP contribution in [0.15, 0.2) is 18.2 Å². The zero-order valence-electron chi connectivity index (χ0n) is 10.2. The number of halogens is 2. The van der Waals surface area contributed by atoms with Gasteiger partial charge < -0.3 is 4.90 Å². The summed E-state index contributed by atoms with van der Waals surface area (Å²) in [6, 6.07) is 4.29. The van der Waals surface area contributed by atoms with E-state index in [1.807, 2.05) is 6.92 Å². The maximum atomic E-state index is 13.0. The summed E-state index contributed by atoms with van der Waals surface area (Å²) in [5.41, 5.74) is 1.27. The fourth-order valence-electron chi connectivity index (χ4n) is 1.72. The smallest absolute Gasteiger partial charge is 0.254 e. The lowest BCUT2D eigenvalue weighted by Gasteiger charge is -2.22.